The SMILES string of the molecule is CN=C(NCCCOCCOC)NCC1CCN(c2cccc(OC)c2)C1.I. The quantitative estimate of drug-likeness (QED) is 0.208. The van der Waals surface area contributed by atoms with Crippen LogP contribution in [-0.2, 0) is 9.47 Å². The number of aliphatic imine (C=N–C) groups is 1. The molecular formula is C20H35IN4O3. The predicted molar refractivity (Wildman–Crippen MR) is 125 cm³/mol. The number of ether oxygens (including phenoxy) is 3. The van der Waals surface area contributed by atoms with Gasteiger partial charge in [-0.3, -0.25) is 4.99 Å². The largest absolute Gasteiger partial charge is 0.497 e. The summed E-state index contributed by atoms with van der Waals surface area (Å²) in [5, 5.41) is 6.78. The molecule has 8 heteroatoms. The molecule has 1 heterocycles. The fourth-order valence-electron chi connectivity index (χ4n) is 3.13. The Kier molecular flexibility index (Phi) is 13.0. The van der Waals surface area contributed by atoms with Crippen molar-refractivity contribution in [1.82, 2.24) is 10.6 Å². The molecular weight excluding hydrogens is 471 g/mol. The van der Waals surface area contributed by atoms with Gasteiger partial charge in [0.05, 0.1) is 20.3 Å². The van der Waals surface area contributed by atoms with Crippen molar-refractivity contribution >= 4 is 35.6 Å². The van der Waals surface area contributed by atoms with Crippen molar-refractivity contribution in [3.63, 3.8) is 0 Å². The van der Waals surface area contributed by atoms with Gasteiger partial charge >= 0.3 is 0 Å². The summed E-state index contributed by atoms with van der Waals surface area (Å²) < 4.78 is 15.7. The van der Waals surface area contributed by atoms with E-state index in [1.165, 1.54) is 12.1 Å². The van der Waals surface area contributed by atoms with Crippen molar-refractivity contribution in [3.05, 3.63) is 24.3 Å². The Balaban J connectivity index is 0.00000392. The molecule has 7 nitrogen and oxygen atoms in total. The summed E-state index contributed by atoms with van der Waals surface area (Å²) in [4.78, 5) is 6.72. The van der Waals surface area contributed by atoms with Gasteiger partial charge < -0.3 is 29.7 Å². The maximum Gasteiger partial charge on any atom is 0.190 e. The molecule has 160 valence electrons. The Hall–Kier alpha value is -1.26. The summed E-state index contributed by atoms with van der Waals surface area (Å²) in [5.74, 6) is 2.36. The summed E-state index contributed by atoms with van der Waals surface area (Å²) in [5.41, 5.74) is 1.23. The molecule has 28 heavy (non-hydrogen) atoms. The van der Waals surface area contributed by atoms with E-state index in [1.807, 2.05) is 19.2 Å². The first kappa shape index (κ1) is 24.8. The van der Waals surface area contributed by atoms with Gasteiger partial charge in [-0.1, -0.05) is 6.07 Å². The number of hydrogen-bond donors (Lipinski definition) is 2. The lowest BCUT2D eigenvalue weighted by Gasteiger charge is -2.20. The molecule has 1 aliphatic heterocycles. The molecule has 0 amide bonds. The van der Waals surface area contributed by atoms with E-state index in [9.17, 15) is 0 Å². The summed E-state index contributed by atoms with van der Waals surface area (Å²) in [6.45, 7) is 5.90. The van der Waals surface area contributed by atoms with E-state index in [-0.39, 0.29) is 24.0 Å². The fourth-order valence-corrected chi connectivity index (χ4v) is 3.13. The van der Waals surface area contributed by atoms with E-state index in [4.69, 9.17) is 14.2 Å². The molecule has 0 saturated carbocycles. The van der Waals surface area contributed by atoms with Crippen LogP contribution in [0.5, 0.6) is 5.75 Å². The van der Waals surface area contributed by atoms with Gasteiger partial charge in [-0.25, -0.2) is 0 Å². The number of nitrogens with zero attached hydrogens (tertiary/aromatic N) is 2. The number of rotatable bonds is 11. The minimum atomic E-state index is 0. The second kappa shape index (κ2) is 14.7. The van der Waals surface area contributed by atoms with Crippen molar-refractivity contribution < 1.29 is 14.2 Å². The maximum atomic E-state index is 5.46. The summed E-state index contributed by atoms with van der Waals surface area (Å²) in [7, 11) is 5.20. The average Bonchev–Trinajstić information content (AvgIpc) is 3.18. The highest BCUT2D eigenvalue weighted by Gasteiger charge is 2.23. The van der Waals surface area contributed by atoms with Crippen molar-refractivity contribution in [2.45, 2.75) is 12.8 Å². The molecule has 1 saturated heterocycles. The van der Waals surface area contributed by atoms with Crippen molar-refractivity contribution in [3.8, 4) is 5.75 Å². The predicted octanol–water partition coefficient (Wildman–Crippen LogP) is 2.36. The minimum Gasteiger partial charge on any atom is -0.497 e. The van der Waals surface area contributed by atoms with Gasteiger partial charge in [0.25, 0.3) is 0 Å². The standard InChI is InChI=1S/C20H34N4O3.HI/c1-21-20(22-9-5-11-27-13-12-25-2)23-15-17-8-10-24(16-17)18-6-4-7-19(14-18)26-3;/h4,6-7,14,17H,5,8-13,15-16H2,1-3H3,(H2,21,22,23);1H. The zero-order valence-electron chi connectivity index (χ0n) is 17.3. The van der Waals surface area contributed by atoms with Crippen LogP contribution in [0.25, 0.3) is 0 Å². The lowest BCUT2D eigenvalue weighted by molar-refractivity contribution is 0.0698. The van der Waals surface area contributed by atoms with Gasteiger partial charge in [-0.2, -0.15) is 0 Å². The van der Waals surface area contributed by atoms with Gasteiger partial charge in [-0.05, 0) is 30.9 Å². The van der Waals surface area contributed by atoms with Gasteiger partial charge in [0.15, 0.2) is 5.96 Å². The third-order valence-electron chi connectivity index (χ3n) is 4.68. The molecule has 0 bridgehead atoms. The topological polar surface area (TPSA) is 67.4 Å². The monoisotopic (exact) mass is 506 g/mol. The molecule has 1 atom stereocenters. The Morgan fingerprint density at radius 3 is 2.82 bits per heavy atom. The highest BCUT2D eigenvalue weighted by molar-refractivity contribution is 14.0. The van der Waals surface area contributed by atoms with Gasteiger partial charge in [0.2, 0.25) is 0 Å². The highest BCUT2D eigenvalue weighted by atomic mass is 127. The second-order valence-corrected chi connectivity index (χ2v) is 6.64. The average molecular weight is 506 g/mol. The lowest BCUT2D eigenvalue weighted by atomic mass is 10.1. The van der Waals surface area contributed by atoms with Crippen LogP contribution in [0.1, 0.15) is 12.8 Å². The molecule has 1 fully saturated rings. The number of benzene rings is 1. The van der Waals surface area contributed by atoms with E-state index >= 15 is 0 Å². The molecule has 0 aliphatic carbocycles. The Bertz CT molecular complexity index is 574. The van der Waals surface area contributed by atoms with Crippen molar-refractivity contribution in [1.29, 1.82) is 0 Å². The molecule has 2 rings (SSSR count). The van der Waals surface area contributed by atoms with Crippen LogP contribution in [0, 0.1) is 5.92 Å². The minimum absolute atomic E-state index is 0. The second-order valence-electron chi connectivity index (χ2n) is 6.64. The number of anilines is 1. The van der Waals surface area contributed by atoms with Gasteiger partial charge in [0, 0.05) is 58.7 Å². The number of halogens is 1. The molecule has 1 unspecified atom stereocenters. The van der Waals surface area contributed by atoms with Crippen LogP contribution in [0.3, 0.4) is 0 Å². The highest BCUT2D eigenvalue weighted by Crippen LogP contribution is 2.26. The lowest BCUT2D eigenvalue weighted by Crippen LogP contribution is -2.40. The fraction of sp³-hybridized carbons (Fsp3) is 0.650. The number of hydrogen-bond acceptors (Lipinski definition) is 5. The number of nitrogens with one attached hydrogen (secondary N) is 2. The number of guanidine groups is 1. The van der Waals surface area contributed by atoms with Crippen LogP contribution in [0.4, 0.5) is 5.69 Å². The van der Waals surface area contributed by atoms with E-state index in [0.29, 0.717) is 19.1 Å². The first-order valence-electron chi connectivity index (χ1n) is 9.67. The maximum absolute atomic E-state index is 5.46. The normalized spacial score (nSPS) is 16.6. The molecule has 0 aromatic heterocycles. The van der Waals surface area contributed by atoms with Crippen molar-refractivity contribution in [2.75, 3.05) is 72.2 Å². The number of methoxy groups -OCH3 is 2. The molecule has 2 N–H and O–H groups in total. The van der Waals surface area contributed by atoms with Gasteiger partial charge in [-0.15, -0.1) is 24.0 Å². The van der Waals surface area contributed by atoms with E-state index in [1.54, 1.807) is 14.2 Å². The summed E-state index contributed by atoms with van der Waals surface area (Å²) in [6.07, 6.45) is 2.12. The summed E-state index contributed by atoms with van der Waals surface area (Å²) >= 11 is 0. The molecule has 0 spiro atoms. The Morgan fingerprint density at radius 2 is 2.07 bits per heavy atom. The zero-order valence-corrected chi connectivity index (χ0v) is 19.6. The zero-order chi connectivity index (χ0) is 19.3. The third kappa shape index (κ3) is 8.83. The van der Waals surface area contributed by atoms with E-state index < -0.39 is 0 Å². The van der Waals surface area contributed by atoms with Crippen LogP contribution in [0.2, 0.25) is 0 Å². The Labute approximate surface area is 186 Å². The Morgan fingerprint density at radius 1 is 1.21 bits per heavy atom. The van der Waals surface area contributed by atoms with Crippen molar-refractivity contribution in [2.24, 2.45) is 10.9 Å². The van der Waals surface area contributed by atoms with Crippen LogP contribution in [-0.4, -0.2) is 73.2 Å². The molecule has 1 aliphatic rings. The molecule has 1 aromatic carbocycles. The first-order valence-corrected chi connectivity index (χ1v) is 9.67. The molecule has 1 aromatic rings. The smallest absolute Gasteiger partial charge is 0.190 e. The van der Waals surface area contributed by atoms with Crippen LogP contribution >= 0.6 is 24.0 Å². The molecule has 0 radical (unpaired) electrons. The van der Waals surface area contributed by atoms with E-state index in [0.717, 1.165) is 50.9 Å². The van der Waals surface area contributed by atoms with Crippen LogP contribution < -0.4 is 20.3 Å². The van der Waals surface area contributed by atoms with E-state index in [2.05, 4.69) is 32.7 Å². The first-order chi connectivity index (χ1) is 13.3. The third-order valence-corrected chi connectivity index (χ3v) is 4.68. The summed E-state index contributed by atoms with van der Waals surface area (Å²) in [6, 6.07) is 8.28. The van der Waals surface area contributed by atoms with Crippen LogP contribution in [0.15, 0.2) is 29.3 Å². The van der Waals surface area contributed by atoms with Gasteiger partial charge in [0.1, 0.15) is 5.75 Å².